The highest BCUT2D eigenvalue weighted by atomic mass is 16.6. The van der Waals surface area contributed by atoms with Gasteiger partial charge in [-0.3, -0.25) is 9.59 Å². The Hall–Kier alpha value is -2.71. The van der Waals surface area contributed by atoms with Crippen LogP contribution in [0.1, 0.15) is 129 Å². The maximum absolute atomic E-state index is 12.6. The molecule has 0 aliphatic heterocycles. The van der Waals surface area contributed by atoms with Crippen molar-refractivity contribution in [3.63, 3.8) is 0 Å². The van der Waals surface area contributed by atoms with Gasteiger partial charge < -0.3 is 23.8 Å². The van der Waals surface area contributed by atoms with Gasteiger partial charge in [0.15, 0.2) is 12.1 Å². The summed E-state index contributed by atoms with van der Waals surface area (Å²) in [7, 11) is 5.49. The summed E-state index contributed by atoms with van der Waals surface area (Å²) in [4.78, 5) is 36.6. The van der Waals surface area contributed by atoms with Crippen molar-refractivity contribution in [2.45, 2.75) is 142 Å². The van der Waals surface area contributed by atoms with Crippen LogP contribution in [0.4, 0.5) is 0 Å². The van der Waals surface area contributed by atoms with Crippen LogP contribution in [0.5, 0.6) is 0 Å². The number of esters is 2. The molecule has 0 aromatic carbocycles. The molecule has 0 saturated carbocycles. The highest BCUT2D eigenvalue weighted by Gasteiger charge is 2.31. The third kappa shape index (κ3) is 29.2. The molecule has 2 atom stereocenters. The molecule has 0 aliphatic carbocycles. The summed E-state index contributed by atoms with van der Waals surface area (Å²) in [6, 6.07) is -0.620. The van der Waals surface area contributed by atoms with Crippen molar-refractivity contribution < 1.29 is 38.2 Å². The van der Waals surface area contributed by atoms with Gasteiger partial charge in [0, 0.05) is 19.3 Å². The fourth-order valence-electron chi connectivity index (χ4n) is 4.93. The zero-order valence-corrected chi connectivity index (χ0v) is 30.5. The standard InChI is InChI=1S/C39H67NO7/c1-6-8-10-12-14-16-17-18-19-20-22-23-25-27-29-37(41)46-34-35(33-45-32-31-36(39(43)44)40(3,4)5)47-38(42)30-28-26-24-21-15-13-11-9-7-2/h8-11,14-16,21,35-36H,6-7,12-13,17-20,22-34H2,1-5H3/p+1/b10-8+,11-9+,16-14+,21-15+. The van der Waals surface area contributed by atoms with E-state index in [1.807, 2.05) is 21.1 Å². The Morgan fingerprint density at radius 3 is 1.68 bits per heavy atom. The molecule has 47 heavy (non-hydrogen) atoms. The summed E-state index contributed by atoms with van der Waals surface area (Å²) in [6.45, 7) is 4.43. The summed E-state index contributed by atoms with van der Waals surface area (Å²) in [5.74, 6) is -1.54. The van der Waals surface area contributed by atoms with Crippen molar-refractivity contribution in [1.29, 1.82) is 0 Å². The van der Waals surface area contributed by atoms with Crippen molar-refractivity contribution in [2.24, 2.45) is 0 Å². The van der Waals surface area contributed by atoms with E-state index in [1.165, 1.54) is 25.7 Å². The summed E-state index contributed by atoms with van der Waals surface area (Å²) in [6.07, 6.45) is 33.1. The number of unbranched alkanes of at least 4 members (excludes halogenated alkanes) is 9. The second kappa shape index (κ2) is 30.6. The normalized spacial score (nSPS) is 13.6. The van der Waals surface area contributed by atoms with E-state index < -0.39 is 18.1 Å². The summed E-state index contributed by atoms with van der Waals surface area (Å²) >= 11 is 0. The molecule has 0 aromatic heterocycles. The Morgan fingerprint density at radius 1 is 0.638 bits per heavy atom. The van der Waals surface area contributed by atoms with Crippen LogP contribution >= 0.6 is 0 Å². The van der Waals surface area contributed by atoms with Crippen LogP contribution in [0.2, 0.25) is 0 Å². The predicted molar refractivity (Wildman–Crippen MR) is 192 cm³/mol. The molecular formula is C39H68NO7+. The number of nitrogens with zero attached hydrogens (tertiary/aromatic N) is 1. The van der Waals surface area contributed by atoms with Crippen molar-refractivity contribution in [3.8, 4) is 0 Å². The average molecular weight is 663 g/mol. The molecule has 0 rings (SSSR count). The molecule has 270 valence electrons. The maximum atomic E-state index is 12.6. The SMILES string of the molecule is CC/C=C/C/C=C/CCCCCCCCCC(=O)OCC(COCCC(C(=O)O)[N+](C)(C)C)OC(=O)CCCC/C=C/C/C=C/CC. The Labute approximate surface area is 286 Å². The number of carboxylic acids is 1. The van der Waals surface area contributed by atoms with Gasteiger partial charge >= 0.3 is 17.9 Å². The van der Waals surface area contributed by atoms with Gasteiger partial charge in [0.2, 0.25) is 0 Å². The Balaban J connectivity index is 4.45. The molecule has 1 N–H and O–H groups in total. The smallest absolute Gasteiger partial charge is 0.362 e. The lowest BCUT2D eigenvalue weighted by Crippen LogP contribution is -2.50. The van der Waals surface area contributed by atoms with Crippen molar-refractivity contribution in [2.75, 3.05) is 41.0 Å². The van der Waals surface area contributed by atoms with Gasteiger partial charge in [0.05, 0.1) is 34.4 Å². The third-order valence-electron chi connectivity index (χ3n) is 7.72. The molecule has 0 saturated heterocycles. The number of carboxylic acid groups (broad SMARTS) is 1. The molecule has 0 amide bonds. The van der Waals surface area contributed by atoms with Gasteiger partial charge in [-0.1, -0.05) is 94.6 Å². The molecule has 8 heteroatoms. The Kier molecular flexibility index (Phi) is 28.8. The number of ether oxygens (including phenoxy) is 3. The van der Waals surface area contributed by atoms with Gasteiger partial charge in [0.25, 0.3) is 0 Å². The first-order valence-electron chi connectivity index (χ1n) is 18.2. The number of rotatable bonds is 31. The van der Waals surface area contributed by atoms with E-state index in [0.717, 1.165) is 64.2 Å². The number of allylic oxidation sites excluding steroid dienone is 8. The minimum absolute atomic E-state index is 0.0439. The monoisotopic (exact) mass is 662 g/mol. The van der Waals surface area contributed by atoms with E-state index in [0.29, 0.717) is 19.3 Å². The molecular weight excluding hydrogens is 594 g/mol. The van der Waals surface area contributed by atoms with Gasteiger partial charge in [-0.15, -0.1) is 0 Å². The van der Waals surface area contributed by atoms with Crippen LogP contribution in [0.25, 0.3) is 0 Å². The Morgan fingerprint density at radius 2 is 1.13 bits per heavy atom. The molecule has 0 spiro atoms. The van der Waals surface area contributed by atoms with Crippen LogP contribution in [0.3, 0.4) is 0 Å². The first-order valence-corrected chi connectivity index (χ1v) is 18.2. The number of carbonyl (C=O) groups excluding carboxylic acids is 2. The minimum atomic E-state index is -0.885. The van der Waals surface area contributed by atoms with Gasteiger partial charge in [-0.05, 0) is 64.2 Å². The van der Waals surface area contributed by atoms with Crippen LogP contribution in [-0.2, 0) is 28.6 Å². The molecule has 0 aromatic rings. The topological polar surface area (TPSA) is 99.1 Å². The molecule has 2 unspecified atom stereocenters. The number of quaternary nitrogens is 1. The molecule has 8 nitrogen and oxygen atoms in total. The second-order valence-corrected chi connectivity index (χ2v) is 13.1. The predicted octanol–water partition coefficient (Wildman–Crippen LogP) is 8.90. The van der Waals surface area contributed by atoms with Crippen molar-refractivity contribution >= 4 is 17.9 Å². The zero-order chi connectivity index (χ0) is 35.0. The lowest BCUT2D eigenvalue weighted by Gasteiger charge is -2.31. The Bertz CT molecular complexity index is 917. The van der Waals surface area contributed by atoms with E-state index in [9.17, 15) is 19.5 Å². The zero-order valence-electron chi connectivity index (χ0n) is 30.5. The number of aliphatic carboxylic acids is 1. The van der Waals surface area contributed by atoms with Crippen LogP contribution in [0, 0.1) is 0 Å². The number of carbonyl (C=O) groups is 3. The summed E-state index contributed by atoms with van der Waals surface area (Å²) < 4.78 is 17.1. The van der Waals surface area contributed by atoms with Crippen LogP contribution < -0.4 is 0 Å². The summed E-state index contributed by atoms with van der Waals surface area (Å²) in [5.41, 5.74) is 0. The van der Waals surface area contributed by atoms with Crippen molar-refractivity contribution in [3.05, 3.63) is 48.6 Å². The van der Waals surface area contributed by atoms with E-state index in [-0.39, 0.29) is 42.7 Å². The van der Waals surface area contributed by atoms with E-state index >= 15 is 0 Å². The molecule has 0 aliphatic rings. The molecule has 0 heterocycles. The lowest BCUT2D eigenvalue weighted by molar-refractivity contribution is -0.887. The fourth-order valence-corrected chi connectivity index (χ4v) is 4.93. The minimum Gasteiger partial charge on any atom is -0.477 e. The van der Waals surface area contributed by atoms with Gasteiger partial charge in [-0.25, -0.2) is 4.79 Å². The number of hydrogen-bond donors (Lipinski definition) is 1. The number of hydrogen-bond acceptors (Lipinski definition) is 6. The maximum Gasteiger partial charge on any atom is 0.362 e. The lowest BCUT2D eigenvalue weighted by atomic mass is 10.1. The van der Waals surface area contributed by atoms with E-state index in [1.54, 1.807) is 0 Å². The second-order valence-electron chi connectivity index (χ2n) is 13.1. The van der Waals surface area contributed by atoms with Gasteiger partial charge in [-0.2, -0.15) is 0 Å². The molecule has 0 radical (unpaired) electrons. The summed E-state index contributed by atoms with van der Waals surface area (Å²) in [5, 5.41) is 9.56. The largest absolute Gasteiger partial charge is 0.477 e. The van der Waals surface area contributed by atoms with Crippen LogP contribution in [-0.4, -0.2) is 80.6 Å². The van der Waals surface area contributed by atoms with E-state index in [2.05, 4.69) is 62.5 Å². The van der Waals surface area contributed by atoms with Crippen LogP contribution in [0.15, 0.2) is 48.6 Å². The molecule has 0 bridgehead atoms. The quantitative estimate of drug-likeness (QED) is 0.0343. The highest BCUT2D eigenvalue weighted by molar-refractivity contribution is 5.72. The van der Waals surface area contributed by atoms with E-state index in [4.69, 9.17) is 14.2 Å². The third-order valence-corrected chi connectivity index (χ3v) is 7.72. The number of likely N-dealkylation sites (N-methyl/N-ethyl adjacent to an activating group) is 1. The highest BCUT2D eigenvalue weighted by Crippen LogP contribution is 2.12. The first-order chi connectivity index (χ1) is 22.6. The average Bonchev–Trinajstić information content (AvgIpc) is 3.01. The molecule has 0 fully saturated rings. The fraction of sp³-hybridized carbons (Fsp3) is 0.718. The van der Waals surface area contributed by atoms with Crippen molar-refractivity contribution in [1.82, 2.24) is 0 Å². The van der Waals surface area contributed by atoms with Gasteiger partial charge in [0.1, 0.15) is 6.61 Å². The first kappa shape index (κ1) is 44.3.